The van der Waals surface area contributed by atoms with Crippen LogP contribution < -0.4 is 5.73 Å². The van der Waals surface area contributed by atoms with Gasteiger partial charge in [-0.05, 0) is 36.6 Å². The molecule has 0 radical (unpaired) electrons. The third-order valence-electron chi connectivity index (χ3n) is 4.00. The highest BCUT2D eigenvalue weighted by atomic mass is 19.1. The molecule has 4 nitrogen and oxygen atoms in total. The number of halogens is 1. The van der Waals surface area contributed by atoms with Crippen molar-refractivity contribution in [1.29, 1.82) is 0 Å². The molecule has 2 N–H and O–H groups in total. The lowest BCUT2D eigenvalue weighted by Crippen LogP contribution is -2.31. The van der Waals surface area contributed by atoms with Crippen LogP contribution in [0.4, 0.5) is 10.1 Å². The summed E-state index contributed by atoms with van der Waals surface area (Å²) < 4.78 is 13.3. The highest BCUT2D eigenvalue weighted by molar-refractivity contribution is 6.05. The van der Waals surface area contributed by atoms with E-state index in [1.54, 1.807) is 6.07 Å². The first-order chi connectivity index (χ1) is 9.06. The molecule has 2 aliphatic rings. The number of imide groups is 1. The van der Waals surface area contributed by atoms with Crippen LogP contribution in [0.1, 0.15) is 24.8 Å². The van der Waals surface area contributed by atoms with Crippen LogP contribution in [0.25, 0.3) is 0 Å². The number of hydrogen-bond donors (Lipinski definition) is 1. The van der Waals surface area contributed by atoms with Crippen LogP contribution in [0.5, 0.6) is 0 Å². The van der Waals surface area contributed by atoms with Crippen LogP contribution in [0.2, 0.25) is 0 Å². The lowest BCUT2D eigenvalue weighted by molar-refractivity contribution is -0.141. The summed E-state index contributed by atoms with van der Waals surface area (Å²) in [5.41, 5.74) is 6.42. The smallest absolute Gasteiger partial charge is 0.233 e. The summed E-state index contributed by atoms with van der Waals surface area (Å²) in [5, 5.41) is 0. The first kappa shape index (κ1) is 12.1. The second-order valence-corrected chi connectivity index (χ2v) is 5.30. The number of hydrogen-bond acceptors (Lipinski definition) is 3. The van der Waals surface area contributed by atoms with Gasteiger partial charge in [0.1, 0.15) is 5.82 Å². The summed E-state index contributed by atoms with van der Waals surface area (Å²) in [7, 11) is 0. The summed E-state index contributed by atoms with van der Waals surface area (Å²) in [6.07, 6.45) is 2.52. The number of nitrogen functional groups attached to an aromatic ring is 1. The topological polar surface area (TPSA) is 63.4 Å². The molecular formula is C14H15FN2O2. The van der Waals surface area contributed by atoms with Crippen LogP contribution in [0.15, 0.2) is 18.2 Å². The predicted molar refractivity (Wildman–Crippen MR) is 67.2 cm³/mol. The van der Waals surface area contributed by atoms with E-state index in [0.29, 0.717) is 11.3 Å². The van der Waals surface area contributed by atoms with E-state index in [1.807, 2.05) is 0 Å². The number of nitrogens with zero attached hydrogens (tertiary/aromatic N) is 1. The van der Waals surface area contributed by atoms with Gasteiger partial charge in [-0.2, -0.15) is 0 Å². The highest BCUT2D eigenvalue weighted by Gasteiger charge is 2.49. The number of carbonyl (C=O) groups excluding carboxylic acids is 2. The van der Waals surface area contributed by atoms with Gasteiger partial charge < -0.3 is 5.73 Å². The zero-order valence-corrected chi connectivity index (χ0v) is 10.4. The molecule has 0 aromatic heterocycles. The number of rotatable bonds is 2. The second kappa shape index (κ2) is 4.33. The van der Waals surface area contributed by atoms with E-state index in [1.165, 1.54) is 17.0 Å². The molecule has 1 aromatic rings. The SMILES string of the molecule is Nc1cc(F)cc(CN2C(=O)C3CCCC3C2=O)c1. The molecule has 1 heterocycles. The Balaban J connectivity index is 1.83. The van der Waals surface area contributed by atoms with Gasteiger partial charge >= 0.3 is 0 Å². The number of anilines is 1. The van der Waals surface area contributed by atoms with Crippen LogP contribution in [-0.2, 0) is 16.1 Å². The molecule has 1 aromatic carbocycles. The standard InChI is InChI=1S/C14H15FN2O2/c15-9-4-8(5-10(16)6-9)7-17-13(18)11-2-1-3-12(11)14(17)19/h4-6,11-12H,1-3,7,16H2. The molecule has 3 rings (SSSR count). The molecule has 5 heteroatoms. The Morgan fingerprint density at radius 3 is 2.37 bits per heavy atom. The quantitative estimate of drug-likeness (QED) is 0.651. The monoisotopic (exact) mass is 262 g/mol. The summed E-state index contributed by atoms with van der Waals surface area (Å²) in [6, 6.07) is 4.12. The highest BCUT2D eigenvalue weighted by Crippen LogP contribution is 2.40. The van der Waals surface area contributed by atoms with Gasteiger partial charge in [-0.15, -0.1) is 0 Å². The first-order valence-electron chi connectivity index (χ1n) is 6.46. The molecule has 0 spiro atoms. The minimum atomic E-state index is -0.450. The molecule has 2 amide bonds. The van der Waals surface area contributed by atoms with Crippen molar-refractivity contribution in [2.24, 2.45) is 11.8 Å². The fourth-order valence-electron chi connectivity index (χ4n) is 3.17. The van der Waals surface area contributed by atoms with Gasteiger partial charge in [-0.1, -0.05) is 6.42 Å². The fraction of sp³-hybridized carbons (Fsp3) is 0.429. The molecule has 0 bridgehead atoms. The third kappa shape index (κ3) is 1.99. The largest absolute Gasteiger partial charge is 0.399 e. The Morgan fingerprint density at radius 2 is 1.79 bits per heavy atom. The molecule has 2 unspecified atom stereocenters. The Kier molecular flexibility index (Phi) is 2.77. The van der Waals surface area contributed by atoms with Crippen LogP contribution in [-0.4, -0.2) is 16.7 Å². The van der Waals surface area contributed by atoms with E-state index < -0.39 is 5.82 Å². The number of nitrogens with two attached hydrogens (primary N) is 1. The molecule has 1 aliphatic heterocycles. The molecule has 1 saturated heterocycles. The average molecular weight is 262 g/mol. The minimum Gasteiger partial charge on any atom is -0.399 e. The average Bonchev–Trinajstić information content (AvgIpc) is 2.88. The number of amides is 2. The van der Waals surface area contributed by atoms with Crippen molar-refractivity contribution in [3.05, 3.63) is 29.6 Å². The van der Waals surface area contributed by atoms with Crippen LogP contribution >= 0.6 is 0 Å². The van der Waals surface area contributed by atoms with Crippen LogP contribution in [0, 0.1) is 17.7 Å². The normalized spacial score (nSPS) is 26.1. The third-order valence-corrected chi connectivity index (χ3v) is 4.00. The van der Waals surface area contributed by atoms with E-state index in [9.17, 15) is 14.0 Å². The minimum absolute atomic E-state index is 0.115. The van der Waals surface area contributed by atoms with E-state index in [2.05, 4.69) is 0 Å². The lowest BCUT2D eigenvalue weighted by atomic mass is 10.00. The Hall–Kier alpha value is -1.91. The van der Waals surface area contributed by atoms with Crippen molar-refractivity contribution in [3.8, 4) is 0 Å². The predicted octanol–water partition coefficient (Wildman–Crippen LogP) is 1.69. The molecule has 100 valence electrons. The van der Waals surface area contributed by atoms with Gasteiger partial charge in [-0.25, -0.2) is 4.39 Å². The first-order valence-corrected chi connectivity index (χ1v) is 6.46. The van der Waals surface area contributed by atoms with Crippen molar-refractivity contribution in [3.63, 3.8) is 0 Å². The summed E-state index contributed by atoms with van der Waals surface area (Å²) >= 11 is 0. The summed E-state index contributed by atoms with van der Waals surface area (Å²) in [5.74, 6) is -0.989. The number of fused-ring (bicyclic) bond motifs is 1. The van der Waals surface area contributed by atoms with Gasteiger partial charge in [0.05, 0.1) is 18.4 Å². The van der Waals surface area contributed by atoms with Gasteiger partial charge in [-0.3, -0.25) is 14.5 Å². The van der Waals surface area contributed by atoms with Crippen LogP contribution in [0.3, 0.4) is 0 Å². The van der Waals surface area contributed by atoms with Crippen molar-refractivity contribution >= 4 is 17.5 Å². The van der Waals surface area contributed by atoms with Gasteiger partial charge in [0.15, 0.2) is 0 Å². The maximum absolute atomic E-state index is 13.3. The Bertz CT molecular complexity index is 516. The van der Waals surface area contributed by atoms with E-state index in [-0.39, 0.29) is 30.2 Å². The van der Waals surface area contributed by atoms with Gasteiger partial charge in [0, 0.05) is 5.69 Å². The molecule has 1 aliphatic carbocycles. The lowest BCUT2D eigenvalue weighted by Gasteiger charge is -2.16. The Morgan fingerprint density at radius 1 is 1.16 bits per heavy atom. The number of carbonyl (C=O) groups is 2. The second-order valence-electron chi connectivity index (χ2n) is 5.30. The molecule has 2 atom stereocenters. The van der Waals surface area contributed by atoms with Crippen molar-refractivity contribution in [2.75, 3.05) is 5.73 Å². The zero-order valence-electron chi connectivity index (χ0n) is 10.4. The molecule has 1 saturated carbocycles. The molecule has 2 fully saturated rings. The van der Waals surface area contributed by atoms with Crippen molar-refractivity contribution in [2.45, 2.75) is 25.8 Å². The zero-order chi connectivity index (χ0) is 13.6. The fourth-order valence-corrected chi connectivity index (χ4v) is 3.17. The summed E-state index contributed by atoms with van der Waals surface area (Å²) in [4.78, 5) is 25.6. The van der Waals surface area contributed by atoms with E-state index in [0.717, 1.165) is 19.3 Å². The maximum Gasteiger partial charge on any atom is 0.233 e. The van der Waals surface area contributed by atoms with Crippen molar-refractivity contribution < 1.29 is 14.0 Å². The van der Waals surface area contributed by atoms with E-state index >= 15 is 0 Å². The molecular weight excluding hydrogens is 247 g/mol. The maximum atomic E-state index is 13.3. The van der Waals surface area contributed by atoms with Crippen molar-refractivity contribution in [1.82, 2.24) is 4.90 Å². The Labute approximate surface area is 110 Å². The van der Waals surface area contributed by atoms with Gasteiger partial charge in [0.25, 0.3) is 0 Å². The number of benzene rings is 1. The number of likely N-dealkylation sites (tertiary alicyclic amines) is 1. The van der Waals surface area contributed by atoms with Gasteiger partial charge in [0.2, 0.25) is 11.8 Å². The van der Waals surface area contributed by atoms with E-state index in [4.69, 9.17) is 5.73 Å². The molecule has 19 heavy (non-hydrogen) atoms. The summed E-state index contributed by atoms with van der Waals surface area (Å²) in [6.45, 7) is 0.118.